The zero-order valence-corrected chi connectivity index (χ0v) is 14.4. The number of nitrogens with zero attached hydrogens (tertiary/aromatic N) is 1. The highest BCUT2D eigenvalue weighted by atomic mass is 16.5. The van der Waals surface area contributed by atoms with Crippen LogP contribution in [0.1, 0.15) is 20.7 Å². The number of aromatic nitrogens is 1. The number of esters is 1. The van der Waals surface area contributed by atoms with Crippen LogP contribution in [0.3, 0.4) is 0 Å². The van der Waals surface area contributed by atoms with Crippen LogP contribution in [0.15, 0.2) is 66.9 Å². The Morgan fingerprint density at radius 3 is 2.41 bits per heavy atom. The first-order valence-corrected chi connectivity index (χ1v) is 7.98. The summed E-state index contributed by atoms with van der Waals surface area (Å²) < 4.78 is 10.2. The summed E-state index contributed by atoms with van der Waals surface area (Å²) in [7, 11) is 1.28. The van der Waals surface area contributed by atoms with Crippen LogP contribution in [-0.2, 0) is 4.74 Å². The van der Waals surface area contributed by atoms with E-state index in [2.05, 4.69) is 10.3 Å². The van der Waals surface area contributed by atoms with Gasteiger partial charge in [0.1, 0.15) is 11.5 Å². The van der Waals surface area contributed by atoms with E-state index in [-0.39, 0.29) is 11.3 Å². The van der Waals surface area contributed by atoms with Gasteiger partial charge in [-0.15, -0.1) is 0 Å². The highest BCUT2D eigenvalue weighted by molar-refractivity contribution is 6.07. The summed E-state index contributed by atoms with van der Waals surface area (Å²) in [5.74, 6) is -0.0250. The van der Waals surface area contributed by atoms with Crippen molar-refractivity contribution in [3.8, 4) is 17.4 Å². The number of aromatic hydroxyl groups is 1. The van der Waals surface area contributed by atoms with Crippen LogP contribution in [-0.4, -0.2) is 29.1 Å². The van der Waals surface area contributed by atoms with E-state index in [1.54, 1.807) is 48.5 Å². The molecule has 0 spiro atoms. The van der Waals surface area contributed by atoms with Gasteiger partial charge in [-0.2, -0.15) is 0 Å². The number of phenolic OH excluding ortho intramolecular Hbond substituents is 1. The normalized spacial score (nSPS) is 10.1. The molecule has 0 unspecified atom stereocenters. The molecule has 1 amide bonds. The third kappa shape index (κ3) is 4.40. The molecule has 0 radical (unpaired) electrons. The maximum absolute atomic E-state index is 12.4. The molecule has 1 heterocycles. The zero-order chi connectivity index (χ0) is 19.2. The maximum Gasteiger partial charge on any atom is 0.339 e. The number of amides is 1. The van der Waals surface area contributed by atoms with E-state index in [0.717, 1.165) is 0 Å². The number of pyridine rings is 1. The van der Waals surface area contributed by atoms with E-state index in [1.807, 2.05) is 0 Å². The van der Waals surface area contributed by atoms with Crippen molar-refractivity contribution in [1.29, 1.82) is 0 Å². The molecule has 136 valence electrons. The summed E-state index contributed by atoms with van der Waals surface area (Å²) in [5.41, 5.74) is 0.903. The number of methoxy groups -OCH3 is 1. The Hall–Kier alpha value is -3.87. The molecule has 3 rings (SSSR count). The van der Waals surface area contributed by atoms with Gasteiger partial charge in [-0.1, -0.05) is 12.1 Å². The van der Waals surface area contributed by atoms with Crippen LogP contribution in [0.5, 0.6) is 17.4 Å². The SMILES string of the molecule is COC(=O)c1ccccc1NC(=O)c1ccc(Oc2ccc(O)cc2)nc1. The van der Waals surface area contributed by atoms with Gasteiger partial charge in [-0.3, -0.25) is 4.79 Å². The van der Waals surface area contributed by atoms with Crippen molar-refractivity contribution >= 4 is 17.6 Å². The molecule has 27 heavy (non-hydrogen) atoms. The van der Waals surface area contributed by atoms with Crippen LogP contribution in [0.4, 0.5) is 5.69 Å². The van der Waals surface area contributed by atoms with Gasteiger partial charge in [-0.05, 0) is 42.5 Å². The molecule has 0 atom stereocenters. The molecule has 0 aliphatic rings. The van der Waals surface area contributed by atoms with E-state index in [4.69, 9.17) is 9.47 Å². The lowest BCUT2D eigenvalue weighted by Crippen LogP contribution is -2.15. The third-order valence-corrected chi connectivity index (χ3v) is 3.64. The minimum Gasteiger partial charge on any atom is -0.508 e. The van der Waals surface area contributed by atoms with Crippen LogP contribution in [0.25, 0.3) is 0 Å². The molecule has 3 aromatic rings. The number of ether oxygens (including phenoxy) is 2. The molecule has 2 N–H and O–H groups in total. The van der Waals surface area contributed by atoms with E-state index in [9.17, 15) is 14.7 Å². The average Bonchev–Trinajstić information content (AvgIpc) is 2.70. The van der Waals surface area contributed by atoms with Crippen molar-refractivity contribution < 1.29 is 24.2 Å². The quantitative estimate of drug-likeness (QED) is 0.671. The summed E-state index contributed by atoms with van der Waals surface area (Å²) >= 11 is 0. The molecule has 0 aliphatic heterocycles. The minimum absolute atomic E-state index is 0.134. The summed E-state index contributed by atoms with van der Waals surface area (Å²) in [6, 6.07) is 15.9. The van der Waals surface area contributed by atoms with Crippen molar-refractivity contribution in [1.82, 2.24) is 4.98 Å². The van der Waals surface area contributed by atoms with Gasteiger partial charge >= 0.3 is 5.97 Å². The minimum atomic E-state index is -0.540. The number of anilines is 1. The first kappa shape index (κ1) is 17.9. The molecular weight excluding hydrogens is 348 g/mol. The number of hydrogen-bond donors (Lipinski definition) is 2. The first-order valence-electron chi connectivity index (χ1n) is 7.98. The van der Waals surface area contributed by atoms with Gasteiger partial charge in [0.05, 0.1) is 23.9 Å². The molecular formula is C20H16N2O5. The Balaban J connectivity index is 1.71. The molecule has 0 fully saturated rings. The van der Waals surface area contributed by atoms with E-state index >= 15 is 0 Å². The highest BCUT2D eigenvalue weighted by Crippen LogP contribution is 2.22. The Morgan fingerprint density at radius 2 is 1.74 bits per heavy atom. The molecule has 0 aliphatic carbocycles. The number of carbonyl (C=O) groups is 2. The second-order valence-corrected chi connectivity index (χ2v) is 5.47. The first-order chi connectivity index (χ1) is 13.1. The van der Waals surface area contributed by atoms with Gasteiger partial charge in [0.25, 0.3) is 5.91 Å². The summed E-state index contributed by atoms with van der Waals surface area (Å²) in [4.78, 5) is 28.3. The van der Waals surface area contributed by atoms with Gasteiger partial charge in [0, 0.05) is 12.3 Å². The fourth-order valence-electron chi connectivity index (χ4n) is 2.28. The predicted octanol–water partition coefficient (Wildman–Crippen LogP) is 3.62. The Labute approximate surface area is 155 Å². The fourth-order valence-corrected chi connectivity index (χ4v) is 2.28. The van der Waals surface area contributed by atoms with Gasteiger partial charge in [-0.25, -0.2) is 9.78 Å². The van der Waals surface area contributed by atoms with Gasteiger partial charge in [0.2, 0.25) is 5.88 Å². The Kier molecular flexibility index (Phi) is 5.32. The van der Waals surface area contributed by atoms with Crippen molar-refractivity contribution in [2.24, 2.45) is 0 Å². The molecule has 0 saturated heterocycles. The monoisotopic (exact) mass is 364 g/mol. The molecule has 1 aromatic heterocycles. The van der Waals surface area contributed by atoms with Crippen molar-refractivity contribution in [2.45, 2.75) is 0 Å². The lowest BCUT2D eigenvalue weighted by atomic mass is 10.1. The average molecular weight is 364 g/mol. The number of carbonyl (C=O) groups excluding carboxylic acids is 2. The Morgan fingerprint density at radius 1 is 1.00 bits per heavy atom. The third-order valence-electron chi connectivity index (χ3n) is 3.64. The smallest absolute Gasteiger partial charge is 0.339 e. The number of benzene rings is 2. The van der Waals surface area contributed by atoms with E-state index in [1.165, 1.54) is 25.4 Å². The van der Waals surface area contributed by atoms with Crippen molar-refractivity contribution in [2.75, 3.05) is 12.4 Å². The number of hydrogen-bond acceptors (Lipinski definition) is 6. The zero-order valence-electron chi connectivity index (χ0n) is 14.4. The lowest BCUT2D eigenvalue weighted by Gasteiger charge is -2.10. The van der Waals surface area contributed by atoms with Crippen molar-refractivity contribution in [3.05, 3.63) is 78.0 Å². The standard InChI is InChI=1S/C20H16N2O5/c1-26-20(25)16-4-2-3-5-17(16)22-19(24)13-6-11-18(21-12-13)27-15-9-7-14(23)8-10-15/h2-12,23H,1H3,(H,22,24). The number of nitrogens with one attached hydrogen (secondary N) is 1. The highest BCUT2D eigenvalue weighted by Gasteiger charge is 2.14. The Bertz CT molecular complexity index is 953. The van der Waals surface area contributed by atoms with Gasteiger partial charge in [0.15, 0.2) is 0 Å². The summed E-state index contributed by atoms with van der Waals surface area (Å²) in [6.07, 6.45) is 1.37. The molecule has 7 heteroatoms. The maximum atomic E-state index is 12.4. The molecule has 0 saturated carbocycles. The number of para-hydroxylation sites is 1. The fraction of sp³-hybridized carbons (Fsp3) is 0.0500. The molecule has 7 nitrogen and oxygen atoms in total. The second-order valence-electron chi connectivity index (χ2n) is 5.47. The predicted molar refractivity (Wildman–Crippen MR) is 98.2 cm³/mol. The van der Waals surface area contributed by atoms with E-state index in [0.29, 0.717) is 22.9 Å². The van der Waals surface area contributed by atoms with Crippen LogP contribution < -0.4 is 10.1 Å². The largest absolute Gasteiger partial charge is 0.508 e. The van der Waals surface area contributed by atoms with Crippen molar-refractivity contribution in [3.63, 3.8) is 0 Å². The van der Waals surface area contributed by atoms with Crippen LogP contribution in [0, 0.1) is 0 Å². The topological polar surface area (TPSA) is 97.8 Å². The van der Waals surface area contributed by atoms with Crippen LogP contribution >= 0.6 is 0 Å². The van der Waals surface area contributed by atoms with Gasteiger partial charge < -0.3 is 19.9 Å². The lowest BCUT2D eigenvalue weighted by molar-refractivity contribution is 0.0602. The molecule has 2 aromatic carbocycles. The molecule has 0 bridgehead atoms. The number of rotatable bonds is 5. The van der Waals surface area contributed by atoms with Crippen LogP contribution in [0.2, 0.25) is 0 Å². The second kappa shape index (κ2) is 8.01. The summed E-state index contributed by atoms with van der Waals surface area (Å²) in [6.45, 7) is 0. The number of phenols is 1. The summed E-state index contributed by atoms with van der Waals surface area (Å²) in [5, 5.41) is 11.9. The van der Waals surface area contributed by atoms with E-state index < -0.39 is 11.9 Å².